The van der Waals surface area contributed by atoms with Crippen LogP contribution in [0, 0.1) is 0 Å². The quantitative estimate of drug-likeness (QED) is 0.850. The fourth-order valence-electron chi connectivity index (χ4n) is 2.58. The second-order valence-corrected chi connectivity index (χ2v) is 7.99. The van der Waals surface area contributed by atoms with Crippen LogP contribution in [0.25, 0.3) is 0 Å². The number of nitrogens with two attached hydrogens (primary N) is 1. The molecule has 1 aromatic carbocycles. The molecule has 1 aromatic rings. The third-order valence-corrected chi connectivity index (χ3v) is 6.09. The summed E-state index contributed by atoms with van der Waals surface area (Å²) in [7, 11) is -3.45. The molecule has 3 N–H and O–H groups in total. The van der Waals surface area contributed by atoms with E-state index in [9.17, 15) is 8.42 Å². The van der Waals surface area contributed by atoms with Gasteiger partial charge in [0.1, 0.15) is 11.4 Å². The Labute approximate surface area is 139 Å². The molecule has 22 heavy (non-hydrogen) atoms. The minimum Gasteiger partial charge on any atom is -0.486 e. The maximum absolute atomic E-state index is 12.4. The van der Waals surface area contributed by atoms with Gasteiger partial charge < -0.3 is 10.5 Å². The largest absolute Gasteiger partial charge is 0.486 e. The number of hydrogen-bond donors (Lipinski definition) is 2. The van der Waals surface area contributed by atoms with Crippen molar-refractivity contribution in [2.45, 2.75) is 50.5 Å². The second kappa shape index (κ2) is 7.17. The highest BCUT2D eigenvalue weighted by molar-refractivity contribution is 7.90. The standard InChI is InChI=1S/C15H24N2O3S.ClH/c1-4-12(10-16)21(18,19)17-14-9-11-7-5-6-8-13(11)20-15(14,2)3;/h5-8,12,14,17H,4,9-10,16H2,1-3H3;1H. The summed E-state index contributed by atoms with van der Waals surface area (Å²) in [6.45, 7) is 5.75. The number of hydrogen-bond acceptors (Lipinski definition) is 4. The van der Waals surface area contributed by atoms with Crippen molar-refractivity contribution >= 4 is 22.4 Å². The Morgan fingerprint density at radius 1 is 1.41 bits per heavy atom. The maximum atomic E-state index is 12.4. The van der Waals surface area contributed by atoms with Gasteiger partial charge in [0.2, 0.25) is 10.0 Å². The van der Waals surface area contributed by atoms with E-state index in [2.05, 4.69) is 4.72 Å². The molecule has 5 nitrogen and oxygen atoms in total. The summed E-state index contributed by atoms with van der Waals surface area (Å²) in [5, 5.41) is -0.564. The first-order chi connectivity index (χ1) is 9.80. The smallest absolute Gasteiger partial charge is 0.216 e. The Bertz CT molecular complexity index is 601. The van der Waals surface area contributed by atoms with Gasteiger partial charge in [0.25, 0.3) is 0 Å². The second-order valence-electron chi connectivity index (χ2n) is 6.00. The Balaban J connectivity index is 0.00000242. The zero-order valence-electron chi connectivity index (χ0n) is 13.2. The zero-order chi connectivity index (χ0) is 15.7. The van der Waals surface area contributed by atoms with E-state index in [-0.39, 0.29) is 25.0 Å². The SMILES string of the molecule is CCC(CN)S(=O)(=O)NC1Cc2ccccc2OC1(C)C.Cl. The van der Waals surface area contributed by atoms with E-state index in [1.165, 1.54) is 0 Å². The summed E-state index contributed by atoms with van der Waals surface area (Å²) in [5.41, 5.74) is 5.98. The van der Waals surface area contributed by atoms with Crippen LogP contribution in [0.1, 0.15) is 32.8 Å². The summed E-state index contributed by atoms with van der Waals surface area (Å²) < 4.78 is 33.6. The summed E-state index contributed by atoms with van der Waals surface area (Å²) >= 11 is 0. The van der Waals surface area contributed by atoms with Gasteiger partial charge in [-0.05, 0) is 38.3 Å². The molecule has 0 fully saturated rings. The lowest BCUT2D eigenvalue weighted by Crippen LogP contribution is -2.57. The highest BCUT2D eigenvalue weighted by atomic mass is 35.5. The topological polar surface area (TPSA) is 81.4 Å². The molecule has 0 aromatic heterocycles. The monoisotopic (exact) mass is 348 g/mol. The van der Waals surface area contributed by atoms with Crippen LogP contribution < -0.4 is 15.2 Å². The van der Waals surface area contributed by atoms with Crippen LogP contribution in [-0.2, 0) is 16.4 Å². The van der Waals surface area contributed by atoms with Crippen LogP contribution in [0.4, 0.5) is 0 Å². The number of ether oxygens (including phenoxy) is 1. The highest BCUT2D eigenvalue weighted by Crippen LogP contribution is 2.33. The van der Waals surface area contributed by atoms with Gasteiger partial charge in [-0.15, -0.1) is 12.4 Å². The molecular weight excluding hydrogens is 324 g/mol. The van der Waals surface area contributed by atoms with Gasteiger partial charge >= 0.3 is 0 Å². The molecule has 0 bridgehead atoms. The molecule has 2 unspecified atom stereocenters. The van der Waals surface area contributed by atoms with Crippen molar-refractivity contribution in [1.82, 2.24) is 4.72 Å². The summed E-state index contributed by atoms with van der Waals surface area (Å²) in [6, 6.07) is 7.42. The third kappa shape index (κ3) is 3.93. The fourth-order valence-corrected chi connectivity index (χ4v) is 4.23. The molecule has 0 amide bonds. The van der Waals surface area contributed by atoms with E-state index < -0.39 is 20.9 Å². The Morgan fingerprint density at radius 3 is 2.64 bits per heavy atom. The molecule has 1 heterocycles. The molecular formula is C15H25ClN2O3S. The highest BCUT2D eigenvalue weighted by Gasteiger charge is 2.40. The van der Waals surface area contributed by atoms with Gasteiger partial charge in [0, 0.05) is 6.54 Å². The number of para-hydroxylation sites is 1. The summed E-state index contributed by atoms with van der Waals surface area (Å²) in [5.74, 6) is 0.823. The van der Waals surface area contributed by atoms with Crippen molar-refractivity contribution in [3.05, 3.63) is 29.8 Å². The molecule has 2 atom stereocenters. The van der Waals surface area contributed by atoms with E-state index in [4.69, 9.17) is 10.5 Å². The number of rotatable bonds is 5. The van der Waals surface area contributed by atoms with Crippen LogP contribution in [0.5, 0.6) is 5.75 Å². The molecule has 0 saturated carbocycles. The van der Waals surface area contributed by atoms with Crippen molar-refractivity contribution in [2.24, 2.45) is 5.73 Å². The van der Waals surface area contributed by atoms with Crippen LogP contribution in [0.2, 0.25) is 0 Å². The minimum atomic E-state index is -3.45. The lowest BCUT2D eigenvalue weighted by atomic mass is 9.89. The number of sulfonamides is 1. The average Bonchev–Trinajstić information content (AvgIpc) is 2.39. The Morgan fingerprint density at radius 2 is 2.05 bits per heavy atom. The van der Waals surface area contributed by atoms with Gasteiger partial charge in [-0.2, -0.15) is 0 Å². The predicted octanol–water partition coefficient (Wildman–Crippen LogP) is 1.85. The third-order valence-electron chi connectivity index (χ3n) is 4.07. The number of fused-ring (bicyclic) bond motifs is 1. The molecule has 0 radical (unpaired) electrons. The van der Waals surface area contributed by atoms with Gasteiger partial charge in [-0.1, -0.05) is 25.1 Å². The molecule has 1 aliphatic heterocycles. The van der Waals surface area contributed by atoms with Crippen LogP contribution in [0.3, 0.4) is 0 Å². The van der Waals surface area contributed by atoms with Gasteiger partial charge in [-0.3, -0.25) is 0 Å². The molecule has 0 spiro atoms. The summed E-state index contributed by atoms with van der Waals surface area (Å²) in [6.07, 6.45) is 1.11. The number of nitrogens with one attached hydrogen (secondary N) is 1. The first-order valence-corrected chi connectivity index (χ1v) is 8.83. The van der Waals surface area contributed by atoms with Crippen molar-refractivity contribution < 1.29 is 13.2 Å². The first kappa shape index (κ1) is 19.2. The molecule has 126 valence electrons. The minimum absolute atomic E-state index is 0. The van der Waals surface area contributed by atoms with E-state index >= 15 is 0 Å². The van der Waals surface area contributed by atoms with E-state index in [0.717, 1.165) is 11.3 Å². The van der Waals surface area contributed by atoms with E-state index in [1.54, 1.807) is 0 Å². The van der Waals surface area contributed by atoms with Gasteiger partial charge in [-0.25, -0.2) is 13.1 Å². The fraction of sp³-hybridized carbons (Fsp3) is 0.600. The van der Waals surface area contributed by atoms with Crippen LogP contribution in [-0.4, -0.2) is 31.9 Å². The van der Waals surface area contributed by atoms with Gasteiger partial charge in [0.15, 0.2) is 0 Å². The van der Waals surface area contributed by atoms with Crippen LogP contribution in [0.15, 0.2) is 24.3 Å². The van der Waals surface area contributed by atoms with E-state index in [0.29, 0.717) is 12.8 Å². The molecule has 7 heteroatoms. The molecule has 1 aliphatic rings. The number of benzene rings is 1. The lowest BCUT2D eigenvalue weighted by Gasteiger charge is -2.40. The van der Waals surface area contributed by atoms with Crippen molar-refractivity contribution in [3.63, 3.8) is 0 Å². The molecule has 0 aliphatic carbocycles. The summed E-state index contributed by atoms with van der Waals surface area (Å²) in [4.78, 5) is 0. The predicted molar refractivity (Wildman–Crippen MR) is 91.1 cm³/mol. The average molecular weight is 349 g/mol. The van der Waals surface area contributed by atoms with Crippen molar-refractivity contribution in [2.75, 3.05) is 6.54 Å². The lowest BCUT2D eigenvalue weighted by molar-refractivity contribution is 0.0573. The maximum Gasteiger partial charge on any atom is 0.216 e. The zero-order valence-corrected chi connectivity index (χ0v) is 14.8. The van der Waals surface area contributed by atoms with E-state index in [1.807, 2.05) is 45.0 Å². The van der Waals surface area contributed by atoms with Crippen LogP contribution >= 0.6 is 12.4 Å². The normalized spacial score (nSPS) is 21.2. The van der Waals surface area contributed by atoms with Crippen molar-refractivity contribution in [3.8, 4) is 5.75 Å². The molecule has 0 saturated heterocycles. The van der Waals surface area contributed by atoms with Crippen molar-refractivity contribution in [1.29, 1.82) is 0 Å². The Hall–Kier alpha value is -0.820. The molecule has 2 rings (SSSR count). The number of halogens is 1. The Kier molecular flexibility index (Phi) is 6.27. The van der Waals surface area contributed by atoms with Gasteiger partial charge in [0.05, 0.1) is 11.3 Å². The first-order valence-electron chi connectivity index (χ1n) is 7.28.